The first-order chi connectivity index (χ1) is 13.2. The van der Waals surface area contributed by atoms with Crippen molar-refractivity contribution in [1.29, 1.82) is 5.26 Å². The van der Waals surface area contributed by atoms with E-state index in [0.29, 0.717) is 11.4 Å². The Bertz CT molecular complexity index is 1150. The van der Waals surface area contributed by atoms with Crippen LogP contribution in [-0.4, -0.2) is 9.97 Å². The monoisotopic (exact) mass is 411 g/mol. The average molecular weight is 412 g/mol. The van der Waals surface area contributed by atoms with Crippen LogP contribution in [0.1, 0.15) is 5.56 Å². The Hall–Kier alpha value is -3.29. The van der Waals surface area contributed by atoms with Crippen molar-refractivity contribution < 1.29 is 0 Å². The molecule has 0 N–H and O–H groups in total. The molecular weight excluding hydrogens is 398 g/mol. The summed E-state index contributed by atoms with van der Waals surface area (Å²) in [5.74, 6) is 0.600. The maximum absolute atomic E-state index is 9.21. The Labute approximate surface area is 166 Å². The van der Waals surface area contributed by atoms with Gasteiger partial charge in [0.15, 0.2) is 5.82 Å². The summed E-state index contributed by atoms with van der Waals surface area (Å²) in [5.41, 5.74) is 5.12. The van der Waals surface area contributed by atoms with Gasteiger partial charge in [-0.15, -0.1) is 0 Å². The zero-order valence-electron chi connectivity index (χ0n) is 14.3. The molecule has 128 valence electrons. The molecule has 3 aromatic carbocycles. The van der Waals surface area contributed by atoms with E-state index in [-0.39, 0.29) is 0 Å². The predicted molar refractivity (Wildman–Crippen MR) is 111 cm³/mol. The number of rotatable bonds is 3. The summed E-state index contributed by atoms with van der Waals surface area (Å²) in [4.78, 5) is 9.54. The van der Waals surface area contributed by atoms with E-state index >= 15 is 0 Å². The van der Waals surface area contributed by atoms with Gasteiger partial charge in [0, 0.05) is 21.2 Å². The maximum Gasteiger partial charge on any atom is 0.160 e. The molecule has 0 amide bonds. The van der Waals surface area contributed by atoms with Crippen LogP contribution >= 0.6 is 15.9 Å². The molecule has 3 nitrogen and oxygen atoms in total. The standard InChI is InChI=1S/C23H14BrN3/c24-20-11-5-9-18(13-20)22-14-21(17-7-2-1-3-8-17)26-23(27-22)19-10-4-6-16(12-19)15-25/h1-14H. The summed E-state index contributed by atoms with van der Waals surface area (Å²) in [6.07, 6.45) is 0. The van der Waals surface area contributed by atoms with Gasteiger partial charge in [0.2, 0.25) is 0 Å². The van der Waals surface area contributed by atoms with Gasteiger partial charge in [0.1, 0.15) is 0 Å². The van der Waals surface area contributed by atoms with Crippen molar-refractivity contribution in [3.8, 4) is 40.0 Å². The fourth-order valence-corrected chi connectivity index (χ4v) is 3.26. The lowest BCUT2D eigenvalue weighted by Gasteiger charge is -2.09. The fourth-order valence-electron chi connectivity index (χ4n) is 2.86. The molecule has 4 heteroatoms. The molecule has 0 unspecified atom stereocenters. The molecule has 1 aromatic heterocycles. The molecule has 0 spiro atoms. The van der Waals surface area contributed by atoms with Crippen molar-refractivity contribution in [2.24, 2.45) is 0 Å². The summed E-state index contributed by atoms with van der Waals surface area (Å²) in [6, 6.07) is 29.6. The number of hydrogen-bond acceptors (Lipinski definition) is 3. The first-order valence-corrected chi connectivity index (χ1v) is 9.23. The summed E-state index contributed by atoms with van der Waals surface area (Å²) >= 11 is 3.53. The van der Waals surface area contributed by atoms with Gasteiger partial charge in [-0.05, 0) is 30.3 Å². The second-order valence-corrected chi connectivity index (χ2v) is 6.95. The smallest absolute Gasteiger partial charge is 0.160 e. The largest absolute Gasteiger partial charge is 0.228 e. The molecule has 0 bridgehead atoms. The summed E-state index contributed by atoms with van der Waals surface area (Å²) in [5, 5.41) is 9.21. The van der Waals surface area contributed by atoms with Gasteiger partial charge in [0.25, 0.3) is 0 Å². The highest BCUT2D eigenvalue weighted by molar-refractivity contribution is 9.10. The van der Waals surface area contributed by atoms with Crippen LogP contribution in [0, 0.1) is 11.3 Å². The van der Waals surface area contributed by atoms with Crippen LogP contribution in [0.25, 0.3) is 33.9 Å². The number of benzene rings is 3. The molecule has 0 radical (unpaired) electrons. The summed E-state index contributed by atoms with van der Waals surface area (Å²) < 4.78 is 0.993. The first-order valence-electron chi connectivity index (χ1n) is 8.44. The second-order valence-electron chi connectivity index (χ2n) is 6.03. The number of nitriles is 1. The highest BCUT2D eigenvalue weighted by atomic mass is 79.9. The normalized spacial score (nSPS) is 10.4. The van der Waals surface area contributed by atoms with Crippen molar-refractivity contribution >= 4 is 15.9 Å². The number of aromatic nitrogens is 2. The van der Waals surface area contributed by atoms with Crippen LogP contribution in [-0.2, 0) is 0 Å². The summed E-state index contributed by atoms with van der Waals surface area (Å²) in [7, 11) is 0. The number of halogens is 1. The van der Waals surface area contributed by atoms with E-state index in [1.807, 2.05) is 78.9 Å². The number of nitrogens with zero attached hydrogens (tertiary/aromatic N) is 3. The van der Waals surface area contributed by atoms with Crippen molar-refractivity contribution in [3.05, 3.63) is 95.0 Å². The van der Waals surface area contributed by atoms with E-state index in [4.69, 9.17) is 9.97 Å². The van der Waals surface area contributed by atoms with E-state index in [0.717, 1.165) is 32.6 Å². The van der Waals surface area contributed by atoms with E-state index < -0.39 is 0 Å². The van der Waals surface area contributed by atoms with Gasteiger partial charge in [-0.25, -0.2) is 9.97 Å². The summed E-state index contributed by atoms with van der Waals surface area (Å²) in [6.45, 7) is 0. The minimum Gasteiger partial charge on any atom is -0.228 e. The highest BCUT2D eigenvalue weighted by Crippen LogP contribution is 2.28. The Morgan fingerprint density at radius 3 is 2.07 bits per heavy atom. The van der Waals surface area contributed by atoms with Crippen LogP contribution in [0.4, 0.5) is 0 Å². The fraction of sp³-hybridized carbons (Fsp3) is 0. The van der Waals surface area contributed by atoms with E-state index in [1.165, 1.54) is 0 Å². The van der Waals surface area contributed by atoms with Gasteiger partial charge in [0.05, 0.1) is 23.0 Å². The van der Waals surface area contributed by atoms with E-state index in [1.54, 1.807) is 6.07 Å². The molecule has 0 saturated carbocycles. The SMILES string of the molecule is N#Cc1cccc(-c2nc(-c3ccccc3)cc(-c3cccc(Br)c3)n2)c1. The third-order valence-corrected chi connectivity index (χ3v) is 4.66. The zero-order valence-corrected chi connectivity index (χ0v) is 15.9. The Morgan fingerprint density at radius 2 is 1.33 bits per heavy atom. The minimum atomic E-state index is 0.588. The molecule has 4 aromatic rings. The van der Waals surface area contributed by atoms with Gasteiger partial charge < -0.3 is 0 Å². The highest BCUT2D eigenvalue weighted by Gasteiger charge is 2.11. The van der Waals surface area contributed by atoms with Crippen LogP contribution in [0.5, 0.6) is 0 Å². The molecule has 0 aliphatic rings. The maximum atomic E-state index is 9.21. The molecule has 4 rings (SSSR count). The third kappa shape index (κ3) is 3.79. The molecule has 0 aliphatic carbocycles. The Kier molecular flexibility index (Phi) is 4.78. The second kappa shape index (κ2) is 7.53. The molecule has 0 saturated heterocycles. The van der Waals surface area contributed by atoms with Gasteiger partial charge in [-0.1, -0.05) is 70.5 Å². The average Bonchev–Trinajstić information content (AvgIpc) is 2.74. The quantitative estimate of drug-likeness (QED) is 0.408. The zero-order chi connectivity index (χ0) is 18.6. The van der Waals surface area contributed by atoms with Crippen LogP contribution in [0.3, 0.4) is 0 Å². The lowest BCUT2D eigenvalue weighted by Crippen LogP contribution is -1.96. The predicted octanol–water partition coefficient (Wildman–Crippen LogP) is 6.11. The van der Waals surface area contributed by atoms with Gasteiger partial charge >= 0.3 is 0 Å². The topological polar surface area (TPSA) is 49.6 Å². The lowest BCUT2D eigenvalue weighted by atomic mass is 10.1. The van der Waals surface area contributed by atoms with Crippen LogP contribution in [0.15, 0.2) is 89.4 Å². The van der Waals surface area contributed by atoms with E-state index in [9.17, 15) is 5.26 Å². The van der Waals surface area contributed by atoms with Gasteiger partial charge in [-0.3, -0.25) is 0 Å². The Balaban J connectivity index is 1.93. The molecule has 0 aliphatic heterocycles. The molecule has 0 fully saturated rings. The molecular formula is C23H14BrN3. The Morgan fingerprint density at radius 1 is 0.667 bits per heavy atom. The van der Waals surface area contributed by atoms with Crippen molar-refractivity contribution in [2.45, 2.75) is 0 Å². The van der Waals surface area contributed by atoms with E-state index in [2.05, 4.69) is 22.0 Å². The lowest BCUT2D eigenvalue weighted by molar-refractivity contribution is 1.18. The van der Waals surface area contributed by atoms with Crippen molar-refractivity contribution in [3.63, 3.8) is 0 Å². The minimum absolute atomic E-state index is 0.588. The molecule has 1 heterocycles. The van der Waals surface area contributed by atoms with Gasteiger partial charge in [-0.2, -0.15) is 5.26 Å². The van der Waals surface area contributed by atoms with Crippen LogP contribution < -0.4 is 0 Å². The molecule has 27 heavy (non-hydrogen) atoms. The third-order valence-electron chi connectivity index (χ3n) is 4.17. The van der Waals surface area contributed by atoms with Crippen molar-refractivity contribution in [1.82, 2.24) is 9.97 Å². The van der Waals surface area contributed by atoms with Crippen LogP contribution in [0.2, 0.25) is 0 Å². The first kappa shape index (κ1) is 17.1. The number of hydrogen-bond donors (Lipinski definition) is 0. The van der Waals surface area contributed by atoms with Crippen molar-refractivity contribution in [2.75, 3.05) is 0 Å². The molecule has 0 atom stereocenters.